The molecule has 4 rings (SSSR count). The number of likely N-dealkylation sites (tertiary alicyclic amines) is 1. The number of amides is 1. The molecule has 1 amide bonds. The molecule has 1 aliphatic heterocycles. The van der Waals surface area contributed by atoms with Gasteiger partial charge in [0.2, 0.25) is 5.91 Å². The minimum Gasteiger partial charge on any atom is -0.369 e. The van der Waals surface area contributed by atoms with Gasteiger partial charge in [0.05, 0.1) is 6.54 Å². The van der Waals surface area contributed by atoms with Gasteiger partial charge in [-0.1, -0.05) is 12.1 Å². The average Bonchev–Trinajstić information content (AvgIpc) is 2.85. The van der Waals surface area contributed by atoms with E-state index in [4.69, 9.17) is 5.73 Å². The van der Waals surface area contributed by atoms with Gasteiger partial charge in [-0.25, -0.2) is 4.39 Å². The third-order valence-corrected chi connectivity index (χ3v) is 6.39. The number of ketones is 2. The van der Waals surface area contributed by atoms with Crippen molar-refractivity contribution in [1.82, 2.24) is 14.9 Å². The fourth-order valence-electron chi connectivity index (χ4n) is 4.84. The van der Waals surface area contributed by atoms with E-state index in [0.717, 1.165) is 0 Å². The molecule has 1 fully saturated rings. The lowest BCUT2D eigenvalue weighted by Crippen LogP contribution is -2.52. The molecule has 1 unspecified atom stereocenters. The summed E-state index contributed by atoms with van der Waals surface area (Å²) in [7, 11) is 0. The van der Waals surface area contributed by atoms with Crippen LogP contribution in [0.15, 0.2) is 67.3 Å². The largest absolute Gasteiger partial charge is 0.369 e. The number of carbonyl (C=O) groups is 3. The third-order valence-electron chi connectivity index (χ3n) is 6.39. The van der Waals surface area contributed by atoms with Crippen LogP contribution in [0, 0.1) is 24.6 Å². The summed E-state index contributed by atoms with van der Waals surface area (Å²) in [6, 6.07) is 11.4. The Morgan fingerprint density at radius 3 is 1.97 bits per heavy atom. The number of Topliss-reactive ketones (excluding diaryl/α,β-unsaturated/α-hetero) is 2. The number of benzene rings is 1. The first-order valence-corrected chi connectivity index (χ1v) is 11.0. The Labute approximate surface area is 196 Å². The Morgan fingerprint density at radius 2 is 1.50 bits per heavy atom. The highest BCUT2D eigenvalue weighted by atomic mass is 19.1. The molecule has 0 saturated carbocycles. The van der Waals surface area contributed by atoms with Crippen molar-refractivity contribution in [3.8, 4) is 0 Å². The molecule has 3 heterocycles. The zero-order chi connectivity index (χ0) is 24.2. The van der Waals surface area contributed by atoms with E-state index in [-0.39, 0.29) is 31.2 Å². The summed E-state index contributed by atoms with van der Waals surface area (Å²) in [5, 5.41) is 0. The maximum Gasteiger partial charge on any atom is 0.231 e. The second-order valence-electron chi connectivity index (χ2n) is 8.57. The number of hydrogen-bond donors (Lipinski definition) is 1. The number of hydrogen-bond acceptors (Lipinski definition) is 6. The Kier molecular flexibility index (Phi) is 6.88. The molecule has 2 aromatic heterocycles. The van der Waals surface area contributed by atoms with E-state index in [1.807, 2.05) is 0 Å². The normalized spacial score (nSPS) is 20.6. The smallest absolute Gasteiger partial charge is 0.231 e. The monoisotopic (exact) mass is 460 g/mol. The molecule has 34 heavy (non-hydrogen) atoms. The van der Waals surface area contributed by atoms with Gasteiger partial charge in [0, 0.05) is 66.8 Å². The van der Waals surface area contributed by atoms with Gasteiger partial charge < -0.3 is 5.73 Å². The van der Waals surface area contributed by atoms with Crippen LogP contribution >= 0.6 is 0 Å². The summed E-state index contributed by atoms with van der Waals surface area (Å²) in [5.74, 6) is -3.45. The number of primary amides is 1. The Balaban J connectivity index is 1.86. The molecule has 2 N–H and O–H groups in total. The number of rotatable bonds is 7. The Morgan fingerprint density at radius 1 is 0.941 bits per heavy atom. The lowest BCUT2D eigenvalue weighted by Gasteiger charge is -2.43. The number of nitrogens with zero attached hydrogens (tertiary/aromatic N) is 3. The predicted molar refractivity (Wildman–Crippen MR) is 124 cm³/mol. The van der Waals surface area contributed by atoms with Crippen LogP contribution in [0.5, 0.6) is 0 Å². The summed E-state index contributed by atoms with van der Waals surface area (Å²) in [6.07, 6.45) is 6.09. The molecule has 0 spiro atoms. The van der Waals surface area contributed by atoms with Gasteiger partial charge in [-0.05, 0) is 48.4 Å². The first kappa shape index (κ1) is 23.4. The molecule has 3 aromatic rings. The first-order chi connectivity index (χ1) is 16.4. The minimum atomic E-state index is -0.719. The van der Waals surface area contributed by atoms with Crippen LogP contribution in [-0.4, -0.2) is 52.0 Å². The highest BCUT2D eigenvalue weighted by Gasteiger charge is 2.45. The second-order valence-corrected chi connectivity index (χ2v) is 8.57. The van der Waals surface area contributed by atoms with E-state index in [2.05, 4.69) is 9.97 Å². The zero-order valence-corrected chi connectivity index (χ0v) is 18.7. The topological polar surface area (TPSA) is 106 Å². The van der Waals surface area contributed by atoms with Gasteiger partial charge >= 0.3 is 0 Å². The molecule has 0 radical (unpaired) electrons. The van der Waals surface area contributed by atoms with E-state index in [9.17, 15) is 18.8 Å². The number of halogens is 1. The lowest BCUT2D eigenvalue weighted by atomic mass is 9.68. The number of aromatic nitrogens is 2. The summed E-state index contributed by atoms with van der Waals surface area (Å²) >= 11 is 0. The van der Waals surface area contributed by atoms with Crippen LogP contribution in [-0.2, 0) is 4.79 Å². The van der Waals surface area contributed by atoms with Gasteiger partial charge in [0.25, 0.3) is 0 Å². The molecule has 1 saturated heterocycles. The fraction of sp³-hybridized carbons (Fsp3) is 0.269. The standard InChI is InChI=1S/C26H25FN4O3/c1-16-19(7-2-8-22(16)27)24-20(25(33)17-5-3-9-29-11-17)13-31(15-23(28)32)14-21(24)26(34)18-6-4-10-30-12-18/h2-12,20-21,24H,13-15H2,1H3,(H2,28,32)/t20-,21+,24?. The number of pyridine rings is 2. The van der Waals surface area contributed by atoms with Crippen LogP contribution in [0.4, 0.5) is 4.39 Å². The molecule has 7 nitrogen and oxygen atoms in total. The molecule has 1 aromatic carbocycles. The van der Waals surface area contributed by atoms with Crippen LogP contribution in [0.25, 0.3) is 0 Å². The summed E-state index contributed by atoms with van der Waals surface area (Å²) < 4.78 is 14.6. The van der Waals surface area contributed by atoms with Crippen LogP contribution in [0.2, 0.25) is 0 Å². The van der Waals surface area contributed by atoms with Crippen molar-refractivity contribution in [1.29, 1.82) is 0 Å². The third kappa shape index (κ3) is 4.77. The minimum absolute atomic E-state index is 0.0947. The lowest BCUT2D eigenvalue weighted by molar-refractivity contribution is -0.119. The average molecular weight is 461 g/mol. The summed E-state index contributed by atoms with van der Waals surface area (Å²) in [6.45, 7) is 1.96. The Hall–Kier alpha value is -3.78. The maximum absolute atomic E-state index is 14.6. The first-order valence-electron chi connectivity index (χ1n) is 11.0. The van der Waals surface area contributed by atoms with Gasteiger partial charge in [0.1, 0.15) is 5.82 Å². The van der Waals surface area contributed by atoms with Gasteiger partial charge in [-0.2, -0.15) is 0 Å². The molecular weight excluding hydrogens is 435 g/mol. The molecule has 0 bridgehead atoms. The SMILES string of the molecule is Cc1c(F)cccc1C1[C@@H](C(=O)c2cccnc2)CN(CC(N)=O)C[C@H]1C(=O)c1cccnc1. The highest BCUT2D eigenvalue weighted by molar-refractivity contribution is 6.02. The number of nitrogens with two attached hydrogens (primary N) is 1. The summed E-state index contributed by atoms with van der Waals surface area (Å²) in [5.41, 5.74) is 7.23. The van der Waals surface area contributed by atoms with Gasteiger partial charge in [-0.3, -0.25) is 29.3 Å². The van der Waals surface area contributed by atoms with E-state index in [1.54, 1.807) is 60.6 Å². The molecule has 8 heteroatoms. The van der Waals surface area contributed by atoms with Gasteiger partial charge in [0.15, 0.2) is 11.6 Å². The quantitative estimate of drug-likeness (QED) is 0.544. The molecular formula is C26H25FN4O3. The van der Waals surface area contributed by atoms with E-state index in [1.165, 1.54) is 18.5 Å². The van der Waals surface area contributed by atoms with Crippen molar-refractivity contribution in [2.24, 2.45) is 17.6 Å². The number of carbonyl (C=O) groups excluding carboxylic acids is 3. The van der Waals surface area contributed by atoms with Gasteiger partial charge in [-0.15, -0.1) is 0 Å². The van der Waals surface area contributed by atoms with E-state index in [0.29, 0.717) is 22.3 Å². The van der Waals surface area contributed by atoms with Crippen LogP contribution < -0.4 is 5.73 Å². The maximum atomic E-state index is 14.6. The zero-order valence-electron chi connectivity index (χ0n) is 18.7. The molecule has 0 aliphatic carbocycles. The molecule has 1 aliphatic rings. The summed E-state index contributed by atoms with van der Waals surface area (Å²) in [4.78, 5) is 49.0. The predicted octanol–water partition coefficient (Wildman–Crippen LogP) is 2.81. The molecule has 3 atom stereocenters. The fourth-order valence-corrected chi connectivity index (χ4v) is 4.84. The van der Waals surface area contributed by atoms with Crippen molar-refractivity contribution in [3.05, 3.63) is 95.3 Å². The van der Waals surface area contributed by atoms with Crippen LogP contribution in [0.3, 0.4) is 0 Å². The number of piperidine rings is 1. The van der Waals surface area contributed by atoms with Crippen molar-refractivity contribution < 1.29 is 18.8 Å². The Bertz CT molecular complexity index is 1140. The van der Waals surface area contributed by atoms with Crippen LogP contribution in [0.1, 0.15) is 37.8 Å². The van der Waals surface area contributed by atoms with Crippen molar-refractivity contribution in [2.75, 3.05) is 19.6 Å². The highest BCUT2D eigenvalue weighted by Crippen LogP contribution is 2.42. The molecule has 174 valence electrons. The van der Waals surface area contributed by atoms with E-state index < -0.39 is 29.5 Å². The second kappa shape index (κ2) is 10.0. The van der Waals surface area contributed by atoms with Crippen molar-refractivity contribution in [3.63, 3.8) is 0 Å². The van der Waals surface area contributed by atoms with E-state index >= 15 is 0 Å². The van der Waals surface area contributed by atoms with Crippen molar-refractivity contribution in [2.45, 2.75) is 12.8 Å². The van der Waals surface area contributed by atoms with Crippen molar-refractivity contribution >= 4 is 17.5 Å².